The van der Waals surface area contributed by atoms with Gasteiger partial charge in [0.25, 0.3) is 5.91 Å². The van der Waals surface area contributed by atoms with Gasteiger partial charge in [-0.25, -0.2) is 4.79 Å². The number of Topliss-reactive ketones (excluding diaryl/α,β-unsaturated/α-hetero) is 1. The molecule has 6 amide bonds. The van der Waals surface area contributed by atoms with Gasteiger partial charge in [-0.15, -0.1) is 0 Å². The maximum atomic E-state index is 14.4. The summed E-state index contributed by atoms with van der Waals surface area (Å²) >= 11 is 0. The summed E-state index contributed by atoms with van der Waals surface area (Å²) in [6.07, 6.45) is 3.72. The SMILES string of the molecule is CCCC(NC(=O)[C@@H]1C[C@@H](OC(C)(C)C)CN1C(=O)[C@@H](NC(=O)OCC(C)C)C1CCCCC1)C(=O)C(=O)NCC(=O)NC(C(N)=O)c1cccc(C)c1. The highest BCUT2D eigenvalue weighted by Crippen LogP contribution is 2.31. The first kappa shape index (κ1) is 43.9. The summed E-state index contributed by atoms with van der Waals surface area (Å²) in [5.41, 5.74) is 6.24. The van der Waals surface area contributed by atoms with E-state index < -0.39 is 83.8 Å². The molecule has 54 heavy (non-hydrogen) atoms. The van der Waals surface area contributed by atoms with Gasteiger partial charge in [0.2, 0.25) is 29.4 Å². The summed E-state index contributed by atoms with van der Waals surface area (Å²) < 4.78 is 11.6. The van der Waals surface area contributed by atoms with Crippen LogP contribution in [-0.2, 0) is 38.2 Å². The Morgan fingerprint density at radius 2 is 1.67 bits per heavy atom. The van der Waals surface area contributed by atoms with E-state index in [2.05, 4.69) is 21.3 Å². The standard InChI is InChI=1S/C39H60N6O9/c1-8-13-28(33(47)36(50)41-20-30(46)43-31(34(40)48)26-17-12-14-24(4)18-26)42-35(49)29-19-27(54-39(5,6)7)21-45(29)37(51)32(25-15-10-9-11-16-25)44-38(52)53-22-23(2)3/h12,14,17-18,23,25,27-29,31-32H,8-11,13,15-16,19-22H2,1-7H3,(H2,40,48)(H,41,50)(H,42,49)(H,43,46)(H,44,52)/t27-,28?,29+,31?,32+/m1/s1. The number of nitrogens with two attached hydrogens (primary N) is 1. The van der Waals surface area contributed by atoms with Crippen molar-refractivity contribution in [2.45, 2.75) is 136 Å². The van der Waals surface area contributed by atoms with E-state index in [1.165, 1.54) is 4.90 Å². The van der Waals surface area contributed by atoms with E-state index in [1.807, 2.05) is 47.6 Å². The zero-order valence-corrected chi connectivity index (χ0v) is 32.8. The lowest BCUT2D eigenvalue weighted by molar-refractivity contribution is -0.143. The van der Waals surface area contributed by atoms with Crippen LogP contribution >= 0.6 is 0 Å². The highest BCUT2D eigenvalue weighted by Gasteiger charge is 2.46. The molecule has 1 aliphatic carbocycles. The van der Waals surface area contributed by atoms with Gasteiger partial charge in [0.05, 0.1) is 30.9 Å². The van der Waals surface area contributed by atoms with Crippen LogP contribution in [0.15, 0.2) is 24.3 Å². The fraction of sp³-hybridized carbons (Fsp3) is 0.667. The molecule has 1 aliphatic heterocycles. The van der Waals surface area contributed by atoms with Crippen molar-refractivity contribution in [2.24, 2.45) is 17.6 Å². The lowest BCUT2D eigenvalue weighted by Gasteiger charge is -2.34. The van der Waals surface area contributed by atoms with Crippen molar-refractivity contribution in [1.82, 2.24) is 26.2 Å². The Labute approximate surface area is 318 Å². The van der Waals surface area contributed by atoms with Gasteiger partial charge in [-0.05, 0) is 64.4 Å². The molecule has 2 aliphatic rings. The Balaban J connectivity index is 1.76. The van der Waals surface area contributed by atoms with Crippen molar-refractivity contribution in [3.8, 4) is 0 Å². The fourth-order valence-corrected chi connectivity index (χ4v) is 6.93. The minimum absolute atomic E-state index is 0.0803. The zero-order chi connectivity index (χ0) is 40.2. The van der Waals surface area contributed by atoms with Gasteiger partial charge >= 0.3 is 6.09 Å². The molecule has 1 heterocycles. The average molecular weight is 757 g/mol. The minimum Gasteiger partial charge on any atom is -0.449 e. The summed E-state index contributed by atoms with van der Waals surface area (Å²) in [5, 5.41) is 10.2. The number of ketones is 1. The average Bonchev–Trinajstić information content (AvgIpc) is 3.52. The quantitative estimate of drug-likeness (QED) is 0.148. The number of aryl methyl sites for hydroxylation is 1. The number of nitrogens with zero attached hydrogens (tertiary/aromatic N) is 1. The molecule has 15 heteroatoms. The molecule has 1 aromatic carbocycles. The molecule has 0 radical (unpaired) electrons. The van der Waals surface area contributed by atoms with E-state index >= 15 is 0 Å². The van der Waals surface area contributed by atoms with Gasteiger partial charge < -0.3 is 41.4 Å². The second-order valence-electron chi connectivity index (χ2n) is 15.8. The van der Waals surface area contributed by atoms with Crippen molar-refractivity contribution in [3.63, 3.8) is 0 Å². The maximum absolute atomic E-state index is 14.4. The number of hydrogen-bond acceptors (Lipinski definition) is 9. The lowest BCUT2D eigenvalue weighted by atomic mass is 9.83. The smallest absolute Gasteiger partial charge is 0.407 e. The number of benzene rings is 1. The highest BCUT2D eigenvalue weighted by atomic mass is 16.5. The number of nitrogens with one attached hydrogen (secondary N) is 4. The van der Waals surface area contributed by atoms with Crippen molar-refractivity contribution < 1.29 is 43.0 Å². The summed E-state index contributed by atoms with van der Waals surface area (Å²) in [6.45, 7) is 12.7. The van der Waals surface area contributed by atoms with Crippen molar-refractivity contribution in [1.29, 1.82) is 0 Å². The molecule has 0 aromatic heterocycles. The lowest BCUT2D eigenvalue weighted by Crippen LogP contribution is -2.58. The summed E-state index contributed by atoms with van der Waals surface area (Å²) in [6, 6.07) is 2.46. The summed E-state index contributed by atoms with van der Waals surface area (Å²) in [5.74, 6) is -4.79. The van der Waals surface area contributed by atoms with Gasteiger partial charge in [-0.2, -0.15) is 0 Å². The molecule has 0 bridgehead atoms. The van der Waals surface area contributed by atoms with Crippen LogP contribution in [0.1, 0.15) is 110 Å². The van der Waals surface area contributed by atoms with E-state index in [0.29, 0.717) is 12.0 Å². The van der Waals surface area contributed by atoms with Crippen LogP contribution in [-0.4, -0.2) is 95.8 Å². The number of carbonyl (C=O) groups excluding carboxylic acids is 7. The van der Waals surface area contributed by atoms with Crippen LogP contribution in [0.3, 0.4) is 0 Å². The second kappa shape index (κ2) is 20.2. The molecular formula is C39H60N6O9. The molecule has 6 N–H and O–H groups in total. The van der Waals surface area contributed by atoms with Crippen LogP contribution in [0.4, 0.5) is 4.79 Å². The van der Waals surface area contributed by atoms with Crippen LogP contribution < -0.4 is 27.0 Å². The Bertz CT molecular complexity index is 1500. The van der Waals surface area contributed by atoms with Gasteiger partial charge in [-0.1, -0.05) is 76.3 Å². The number of primary amides is 1. The van der Waals surface area contributed by atoms with Crippen molar-refractivity contribution in [3.05, 3.63) is 35.4 Å². The van der Waals surface area contributed by atoms with E-state index in [1.54, 1.807) is 25.1 Å². The first-order valence-corrected chi connectivity index (χ1v) is 19.1. The third kappa shape index (κ3) is 13.4. The van der Waals surface area contributed by atoms with E-state index in [0.717, 1.165) is 37.7 Å². The monoisotopic (exact) mass is 756 g/mol. The summed E-state index contributed by atoms with van der Waals surface area (Å²) in [4.78, 5) is 94.0. The fourth-order valence-electron chi connectivity index (χ4n) is 6.93. The van der Waals surface area contributed by atoms with Crippen LogP contribution in [0.2, 0.25) is 0 Å². The third-order valence-electron chi connectivity index (χ3n) is 9.39. The molecule has 15 nitrogen and oxygen atoms in total. The Morgan fingerprint density at radius 1 is 0.981 bits per heavy atom. The molecule has 1 saturated carbocycles. The number of rotatable bonds is 17. The molecule has 1 saturated heterocycles. The molecule has 1 aromatic rings. The highest BCUT2D eigenvalue weighted by molar-refractivity contribution is 6.38. The number of carbonyl (C=O) groups is 7. The normalized spacial score (nSPS) is 19.3. The maximum Gasteiger partial charge on any atom is 0.407 e. The molecule has 5 atom stereocenters. The van der Waals surface area contributed by atoms with E-state index in [-0.39, 0.29) is 37.8 Å². The van der Waals surface area contributed by atoms with E-state index in [9.17, 15) is 33.6 Å². The molecule has 2 fully saturated rings. The first-order valence-electron chi connectivity index (χ1n) is 19.1. The van der Waals surface area contributed by atoms with Gasteiger partial charge in [0.15, 0.2) is 0 Å². The topological polar surface area (TPSA) is 215 Å². The number of likely N-dealkylation sites (tertiary alicyclic amines) is 1. The van der Waals surface area contributed by atoms with Gasteiger partial charge in [-0.3, -0.25) is 28.8 Å². The molecule has 300 valence electrons. The largest absolute Gasteiger partial charge is 0.449 e. The van der Waals surface area contributed by atoms with E-state index in [4.69, 9.17) is 15.2 Å². The van der Waals surface area contributed by atoms with Gasteiger partial charge in [0, 0.05) is 13.0 Å². The molecule has 3 rings (SSSR count). The van der Waals surface area contributed by atoms with Crippen LogP contribution in [0.5, 0.6) is 0 Å². The van der Waals surface area contributed by atoms with Gasteiger partial charge in [0.1, 0.15) is 18.1 Å². The van der Waals surface area contributed by atoms with Crippen molar-refractivity contribution >= 4 is 41.4 Å². The van der Waals surface area contributed by atoms with Crippen LogP contribution in [0, 0.1) is 18.8 Å². The number of alkyl carbamates (subject to hydrolysis) is 1. The van der Waals surface area contributed by atoms with Crippen LogP contribution in [0.25, 0.3) is 0 Å². The predicted molar refractivity (Wildman–Crippen MR) is 201 cm³/mol. The first-order chi connectivity index (χ1) is 25.4. The number of amides is 6. The minimum atomic E-state index is -1.26. The Morgan fingerprint density at radius 3 is 2.26 bits per heavy atom. The number of ether oxygens (including phenoxy) is 2. The molecular weight excluding hydrogens is 696 g/mol. The second-order valence-corrected chi connectivity index (χ2v) is 15.8. The Kier molecular flexibility index (Phi) is 16.4. The third-order valence-corrected chi connectivity index (χ3v) is 9.39. The zero-order valence-electron chi connectivity index (χ0n) is 32.8. The Hall–Kier alpha value is -4.53. The van der Waals surface area contributed by atoms with Crippen molar-refractivity contribution in [2.75, 3.05) is 19.7 Å². The predicted octanol–water partition coefficient (Wildman–Crippen LogP) is 2.72. The molecule has 2 unspecified atom stereocenters. The summed E-state index contributed by atoms with van der Waals surface area (Å²) in [7, 11) is 0. The molecule has 0 spiro atoms. The number of hydrogen-bond donors (Lipinski definition) is 5.